The Kier molecular flexibility index (Phi) is 2.33. The number of methoxy groups -OCH3 is 1. The zero-order valence-electron chi connectivity index (χ0n) is 9.71. The molecule has 90 valence electrons. The highest BCUT2D eigenvalue weighted by Crippen LogP contribution is 2.21. The van der Waals surface area contributed by atoms with Crippen LogP contribution in [-0.2, 0) is 0 Å². The van der Waals surface area contributed by atoms with Crippen LogP contribution in [0.25, 0.3) is 22.6 Å². The normalized spacial score (nSPS) is 10.7. The van der Waals surface area contributed by atoms with Crippen molar-refractivity contribution in [2.24, 2.45) is 0 Å². The monoisotopic (exact) mass is 241 g/mol. The number of H-pyrrole nitrogens is 1. The van der Waals surface area contributed by atoms with Crippen LogP contribution < -0.4 is 10.5 Å². The number of ether oxygens (including phenoxy) is 1. The second-order valence-electron chi connectivity index (χ2n) is 3.82. The summed E-state index contributed by atoms with van der Waals surface area (Å²) in [6.45, 7) is 0. The molecule has 3 N–H and O–H groups in total. The van der Waals surface area contributed by atoms with Crippen LogP contribution in [0.5, 0.6) is 5.88 Å². The van der Waals surface area contributed by atoms with Gasteiger partial charge >= 0.3 is 0 Å². The second kappa shape index (κ2) is 3.99. The predicted molar refractivity (Wildman–Crippen MR) is 68.1 cm³/mol. The van der Waals surface area contributed by atoms with Crippen LogP contribution >= 0.6 is 0 Å². The Morgan fingerprint density at radius 2 is 2.11 bits per heavy atom. The van der Waals surface area contributed by atoms with Gasteiger partial charge in [-0.3, -0.25) is 4.98 Å². The number of rotatable bonds is 2. The third-order valence-electron chi connectivity index (χ3n) is 2.56. The molecule has 0 unspecified atom stereocenters. The maximum absolute atomic E-state index is 5.70. The molecule has 3 heterocycles. The van der Waals surface area contributed by atoms with E-state index in [9.17, 15) is 0 Å². The molecule has 3 aromatic heterocycles. The van der Waals surface area contributed by atoms with E-state index in [1.54, 1.807) is 25.6 Å². The molecule has 6 nitrogen and oxygen atoms in total. The Morgan fingerprint density at radius 3 is 2.89 bits per heavy atom. The number of hydrogen-bond acceptors (Lipinski definition) is 5. The van der Waals surface area contributed by atoms with E-state index in [1.807, 2.05) is 12.1 Å². The van der Waals surface area contributed by atoms with Crippen LogP contribution in [0.3, 0.4) is 0 Å². The topological polar surface area (TPSA) is 89.7 Å². The van der Waals surface area contributed by atoms with Gasteiger partial charge in [-0.2, -0.15) is 4.98 Å². The molecule has 0 saturated heterocycles. The molecule has 0 spiro atoms. The zero-order chi connectivity index (χ0) is 12.5. The number of aromatic nitrogens is 4. The molecule has 3 aromatic rings. The molecular weight excluding hydrogens is 230 g/mol. The molecule has 0 bridgehead atoms. The number of nitrogen functional groups attached to an aromatic ring is 1. The maximum atomic E-state index is 5.70. The first-order valence-corrected chi connectivity index (χ1v) is 5.38. The van der Waals surface area contributed by atoms with Gasteiger partial charge < -0.3 is 15.5 Å². The van der Waals surface area contributed by atoms with E-state index in [-0.39, 0.29) is 0 Å². The summed E-state index contributed by atoms with van der Waals surface area (Å²) < 4.78 is 5.06. The number of pyridine rings is 2. The SMILES string of the molecule is COc1ccc2[nH]c(-c3cncc(N)c3)nc2n1. The van der Waals surface area contributed by atoms with Crippen LogP contribution in [0.15, 0.2) is 30.6 Å². The minimum Gasteiger partial charge on any atom is -0.481 e. The third-order valence-corrected chi connectivity index (χ3v) is 2.56. The van der Waals surface area contributed by atoms with E-state index in [0.29, 0.717) is 23.0 Å². The first-order chi connectivity index (χ1) is 8.76. The van der Waals surface area contributed by atoms with E-state index in [1.165, 1.54) is 0 Å². The summed E-state index contributed by atoms with van der Waals surface area (Å²) in [5, 5.41) is 0. The number of nitrogens with zero attached hydrogens (tertiary/aromatic N) is 3. The lowest BCUT2D eigenvalue weighted by Crippen LogP contribution is -1.88. The number of nitrogens with two attached hydrogens (primary N) is 1. The lowest BCUT2D eigenvalue weighted by molar-refractivity contribution is 0.399. The fourth-order valence-electron chi connectivity index (χ4n) is 1.71. The molecule has 6 heteroatoms. The van der Waals surface area contributed by atoms with Gasteiger partial charge in [0, 0.05) is 24.0 Å². The van der Waals surface area contributed by atoms with Crippen LogP contribution in [-0.4, -0.2) is 27.0 Å². The van der Waals surface area contributed by atoms with Crippen LogP contribution in [0.1, 0.15) is 0 Å². The Hall–Kier alpha value is -2.63. The maximum Gasteiger partial charge on any atom is 0.215 e. The van der Waals surface area contributed by atoms with Crippen LogP contribution in [0.2, 0.25) is 0 Å². The van der Waals surface area contributed by atoms with Crippen LogP contribution in [0, 0.1) is 0 Å². The summed E-state index contributed by atoms with van der Waals surface area (Å²) in [6, 6.07) is 5.46. The highest BCUT2D eigenvalue weighted by atomic mass is 16.5. The smallest absolute Gasteiger partial charge is 0.215 e. The molecule has 0 aliphatic rings. The summed E-state index contributed by atoms with van der Waals surface area (Å²) >= 11 is 0. The summed E-state index contributed by atoms with van der Waals surface area (Å²) in [7, 11) is 1.57. The molecule has 0 amide bonds. The number of anilines is 1. The minimum absolute atomic E-state index is 0.534. The molecule has 0 aliphatic heterocycles. The Balaban J connectivity index is 2.13. The standard InChI is InChI=1S/C12H11N5O/c1-18-10-3-2-9-12(16-10)17-11(15-9)7-4-8(13)6-14-5-7/h2-6H,13H2,1H3,(H,15,16,17). The average molecular weight is 241 g/mol. The van der Waals surface area contributed by atoms with Gasteiger partial charge in [-0.1, -0.05) is 0 Å². The lowest BCUT2D eigenvalue weighted by Gasteiger charge is -1.96. The summed E-state index contributed by atoms with van der Waals surface area (Å²) in [4.78, 5) is 15.8. The number of fused-ring (bicyclic) bond motifs is 1. The number of nitrogens with one attached hydrogen (secondary N) is 1. The molecule has 3 rings (SSSR count). The fraction of sp³-hybridized carbons (Fsp3) is 0.0833. The molecule has 0 atom stereocenters. The minimum atomic E-state index is 0.534. The Bertz CT molecular complexity index is 707. The molecule has 0 aliphatic carbocycles. The van der Waals surface area contributed by atoms with Crippen molar-refractivity contribution in [3.63, 3.8) is 0 Å². The summed E-state index contributed by atoms with van der Waals surface area (Å²) in [5.74, 6) is 1.22. The Labute approximate surface area is 103 Å². The second-order valence-corrected chi connectivity index (χ2v) is 3.82. The molecule has 18 heavy (non-hydrogen) atoms. The van der Waals surface area contributed by atoms with Gasteiger partial charge in [0.1, 0.15) is 5.82 Å². The largest absolute Gasteiger partial charge is 0.481 e. The quantitative estimate of drug-likeness (QED) is 0.711. The molecule has 0 saturated carbocycles. The van der Waals surface area contributed by atoms with Crippen molar-refractivity contribution in [3.8, 4) is 17.3 Å². The molecule has 0 radical (unpaired) electrons. The van der Waals surface area contributed by atoms with Gasteiger partial charge in [0.15, 0.2) is 5.65 Å². The van der Waals surface area contributed by atoms with E-state index >= 15 is 0 Å². The first kappa shape index (κ1) is 10.5. The average Bonchev–Trinajstić information content (AvgIpc) is 2.81. The van der Waals surface area contributed by atoms with E-state index in [0.717, 1.165) is 11.1 Å². The number of aromatic amines is 1. The third kappa shape index (κ3) is 1.73. The van der Waals surface area contributed by atoms with E-state index < -0.39 is 0 Å². The van der Waals surface area contributed by atoms with Crippen molar-refractivity contribution in [1.82, 2.24) is 19.9 Å². The predicted octanol–water partition coefficient (Wildman–Crippen LogP) is 1.61. The highest BCUT2D eigenvalue weighted by Gasteiger charge is 2.07. The zero-order valence-corrected chi connectivity index (χ0v) is 9.71. The lowest BCUT2D eigenvalue weighted by atomic mass is 10.2. The van der Waals surface area contributed by atoms with Crippen molar-refractivity contribution in [1.29, 1.82) is 0 Å². The van der Waals surface area contributed by atoms with E-state index in [4.69, 9.17) is 10.5 Å². The van der Waals surface area contributed by atoms with Crippen molar-refractivity contribution in [2.75, 3.05) is 12.8 Å². The highest BCUT2D eigenvalue weighted by molar-refractivity contribution is 5.76. The fourth-order valence-corrected chi connectivity index (χ4v) is 1.71. The van der Waals surface area contributed by atoms with Crippen LogP contribution in [0.4, 0.5) is 5.69 Å². The van der Waals surface area contributed by atoms with Crippen molar-refractivity contribution >= 4 is 16.9 Å². The van der Waals surface area contributed by atoms with Gasteiger partial charge in [-0.25, -0.2) is 4.98 Å². The summed E-state index contributed by atoms with van der Waals surface area (Å²) in [5.41, 5.74) is 8.56. The van der Waals surface area contributed by atoms with Crippen molar-refractivity contribution < 1.29 is 4.74 Å². The molecule has 0 fully saturated rings. The van der Waals surface area contributed by atoms with Gasteiger partial charge in [-0.05, 0) is 12.1 Å². The summed E-state index contributed by atoms with van der Waals surface area (Å²) in [6.07, 6.45) is 3.29. The number of imidazole rings is 1. The first-order valence-electron chi connectivity index (χ1n) is 5.38. The Morgan fingerprint density at radius 1 is 1.22 bits per heavy atom. The van der Waals surface area contributed by atoms with Gasteiger partial charge in [0.05, 0.1) is 18.3 Å². The van der Waals surface area contributed by atoms with E-state index in [2.05, 4.69) is 19.9 Å². The van der Waals surface area contributed by atoms with Crippen molar-refractivity contribution in [3.05, 3.63) is 30.6 Å². The van der Waals surface area contributed by atoms with Gasteiger partial charge in [-0.15, -0.1) is 0 Å². The van der Waals surface area contributed by atoms with Crippen molar-refractivity contribution in [2.45, 2.75) is 0 Å². The number of hydrogen-bond donors (Lipinski definition) is 2. The van der Waals surface area contributed by atoms with Gasteiger partial charge in [0.25, 0.3) is 0 Å². The molecule has 0 aromatic carbocycles. The molecular formula is C12H11N5O. The van der Waals surface area contributed by atoms with Gasteiger partial charge in [0.2, 0.25) is 5.88 Å².